The number of benzene rings is 1. The fourth-order valence-electron chi connectivity index (χ4n) is 1.89. The number of thiophene rings is 1. The molecule has 0 amide bonds. The molecule has 0 fully saturated rings. The van der Waals surface area contributed by atoms with Crippen LogP contribution in [0.15, 0.2) is 34.1 Å². The molecule has 0 saturated carbocycles. The van der Waals surface area contributed by atoms with Crippen LogP contribution in [-0.2, 0) is 19.1 Å². The topological polar surface area (TPSA) is 12.0 Å². The summed E-state index contributed by atoms with van der Waals surface area (Å²) in [6, 6.07) is 6.65. The average molecular weight is 382 g/mol. The fraction of sp³-hybridized carbons (Fsp3) is 0.286. The van der Waals surface area contributed by atoms with Gasteiger partial charge in [-0.3, -0.25) is 0 Å². The standard InChI is InChI=1S/C14H12BrF4NS/c15-13-4-3-11(21-13)5-6-20-8-9-1-2-10(16)7-12(9)14(17,18)19/h1-4,7,20H,5-6,8H2. The molecule has 1 heterocycles. The summed E-state index contributed by atoms with van der Waals surface area (Å²) in [5.74, 6) is -0.880. The maximum absolute atomic E-state index is 13.0. The maximum atomic E-state index is 13.0. The second-order valence-corrected chi connectivity index (χ2v) is 6.98. The quantitative estimate of drug-likeness (QED) is 0.567. The van der Waals surface area contributed by atoms with E-state index in [1.807, 2.05) is 12.1 Å². The Bertz CT molecular complexity index is 609. The Balaban J connectivity index is 1.94. The molecule has 0 saturated heterocycles. The van der Waals surface area contributed by atoms with E-state index in [4.69, 9.17) is 0 Å². The summed E-state index contributed by atoms with van der Waals surface area (Å²) in [6.07, 6.45) is -3.81. The zero-order valence-corrected chi connectivity index (χ0v) is 13.2. The van der Waals surface area contributed by atoms with E-state index in [2.05, 4.69) is 21.2 Å². The Morgan fingerprint density at radius 3 is 2.52 bits per heavy atom. The van der Waals surface area contributed by atoms with Gasteiger partial charge in [-0.1, -0.05) is 6.07 Å². The van der Waals surface area contributed by atoms with Crippen LogP contribution in [0.25, 0.3) is 0 Å². The van der Waals surface area contributed by atoms with Crippen LogP contribution >= 0.6 is 27.3 Å². The summed E-state index contributed by atoms with van der Waals surface area (Å²) in [5, 5.41) is 2.96. The summed E-state index contributed by atoms with van der Waals surface area (Å²) in [6.45, 7) is 0.614. The van der Waals surface area contributed by atoms with Gasteiger partial charge >= 0.3 is 6.18 Å². The number of alkyl halides is 3. The number of rotatable bonds is 5. The predicted octanol–water partition coefficient (Wildman–Crippen LogP) is 5.00. The fourth-order valence-corrected chi connectivity index (χ4v) is 3.37. The van der Waals surface area contributed by atoms with Crippen molar-refractivity contribution in [3.05, 3.63) is 55.9 Å². The van der Waals surface area contributed by atoms with E-state index in [0.717, 1.165) is 21.2 Å². The summed E-state index contributed by atoms with van der Waals surface area (Å²) in [7, 11) is 0. The molecule has 0 spiro atoms. The van der Waals surface area contributed by atoms with Crippen LogP contribution in [0.5, 0.6) is 0 Å². The lowest BCUT2D eigenvalue weighted by atomic mass is 10.1. The Labute approximate surface area is 132 Å². The van der Waals surface area contributed by atoms with E-state index < -0.39 is 17.6 Å². The van der Waals surface area contributed by atoms with Gasteiger partial charge in [0.05, 0.1) is 9.35 Å². The van der Waals surface area contributed by atoms with E-state index in [-0.39, 0.29) is 12.1 Å². The monoisotopic (exact) mass is 381 g/mol. The number of hydrogen-bond donors (Lipinski definition) is 1. The first kappa shape index (κ1) is 16.5. The summed E-state index contributed by atoms with van der Waals surface area (Å²) in [4.78, 5) is 1.14. The van der Waals surface area contributed by atoms with Crippen molar-refractivity contribution in [3.8, 4) is 0 Å². The van der Waals surface area contributed by atoms with Crippen molar-refractivity contribution < 1.29 is 17.6 Å². The Kier molecular flexibility index (Phi) is 5.40. The first-order valence-electron chi connectivity index (χ1n) is 6.17. The van der Waals surface area contributed by atoms with Crippen molar-refractivity contribution in [3.63, 3.8) is 0 Å². The summed E-state index contributed by atoms with van der Waals surface area (Å²) >= 11 is 4.94. The van der Waals surface area contributed by atoms with Gasteiger partial charge in [0.1, 0.15) is 5.82 Å². The Morgan fingerprint density at radius 1 is 1.14 bits per heavy atom. The second kappa shape index (κ2) is 6.89. The van der Waals surface area contributed by atoms with E-state index >= 15 is 0 Å². The summed E-state index contributed by atoms with van der Waals surface area (Å²) < 4.78 is 52.4. The van der Waals surface area contributed by atoms with Gasteiger partial charge in [0.15, 0.2) is 0 Å². The minimum Gasteiger partial charge on any atom is -0.312 e. The second-order valence-electron chi connectivity index (χ2n) is 4.43. The van der Waals surface area contributed by atoms with Crippen molar-refractivity contribution in [2.75, 3.05) is 6.54 Å². The van der Waals surface area contributed by atoms with E-state index in [1.165, 1.54) is 6.07 Å². The van der Waals surface area contributed by atoms with Crippen molar-refractivity contribution in [1.29, 1.82) is 0 Å². The molecule has 1 aromatic carbocycles. The Morgan fingerprint density at radius 2 is 1.90 bits per heavy atom. The van der Waals surface area contributed by atoms with E-state index in [0.29, 0.717) is 12.6 Å². The molecule has 0 atom stereocenters. The van der Waals surface area contributed by atoms with Gasteiger partial charge in [-0.2, -0.15) is 13.2 Å². The molecule has 21 heavy (non-hydrogen) atoms. The van der Waals surface area contributed by atoms with Crippen LogP contribution < -0.4 is 5.32 Å². The third kappa shape index (κ3) is 4.79. The van der Waals surface area contributed by atoms with Crippen molar-refractivity contribution in [2.45, 2.75) is 19.1 Å². The minimum atomic E-state index is -4.54. The molecule has 2 aromatic rings. The maximum Gasteiger partial charge on any atom is 0.416 e. The van der Waals surface area contributed by atoms with E-state index in [9.17, 15) is 17.6 Å². The molecule has 0 radical (unpaired) electrons. The molecule has 1 aromatic heterocycles. The zero-order chi connectivity index (χ0) is 15.5. The largest absolute Gasteiger partial charge is 0.416 e. The minimum absolute atomic E-state index is 0.0521. The number of halogens is 5. The number of hydrogen-bond acceptors (Lipinski definition) is 2. The highest BCUT2D eigenvalue weighted by molar-refractivity contribution is 9.11. The molecule has 0 aliphatic rings. The van der Waals surface area contributed by atoms with Gasteiger partial charge in [-0.25, -0.2) is 4.39 Å². The van der Waals surface area contributed by atoms with Crippen molar-refractivity contribution >= 4 is 27.3 Å². The molecule has 7 heteroatoms. The van der Waals surface area contributed by atoms with Gasteiger partial charge in [-0.15, -0.1) is 11.3 Å². The highest BCUT2D eigenvalue weighted by atomic mass is 79.9. The van der Waals surface area contributed by atoms with Crippen LogP contribution in [-0.4, -0.2) is 6.54 Å². The van der Waals surface area contributed by atoms with Gasteiger partial charge in [0.25, 0.3) is 0 Å². The molecule has 1 nitrogen and oxygen atoms in total. The van der Waals surface area contributed by atoms with E-state index in [1.54, 1.807) is 11.3 Å². The van der Waals surface area contributed by atoms with Gasteiger partial charge in [0.2, 0.25) is 0 Å². The highest BCUT2D eigenvalue weighted by Gasteiger charge is 2.33. The molecular weight excluding hydrogens is 370 g/mol. The lowest BCUT2D eigenvalue weighted by molar-refractivity contribution is -0.138. The normalized spacial score (nSPS) is 11.9. The third-order valence-corrected chi connectivity index (χ3v) is 4.55. The van der Waals surface area contributed by atoms with Crippen molar-refractivity contribution in [2.24, 2.45) is 0 Å². The van der Waals surface area contributed by atoms with Gasteiger partial charge < -0.3 is 5.32 Å². The average Bonchev–Trinajstić information content (AvgIpc) is 2.81. The lowest BCUT2D eigenvalue weighted by Crippen LogP contribution is -2.19. The highest BCUT2D eigenvalue weighted by Crippen LogP contribution is 2.32. The summed E-state index contributed by atoms with van der Waals surface area (Å²) in [5.41, 5.74) is -0.870. The molecule has 2 rings (SSSR count). The molecule has 1 N–H and O–H groups in total. The molecular formula is C14H12BrF4NS. The molecule has 0 aliphatic carbocycles. The number of nitrogens with one attached hydrogen (secondary N) is 1. The first-order chi connectivity index (χ1) is 9.86. The Hall–Kier alpha value is -0.920. The van der Waals surface area contributed by atoms with Crippen LogP contribution in [0.4, 0.5) is 17.6 Å². The first-order valence-corrected chi connectivity index (χ1v) is 7.78. The van der Waals surface area contributed by atoms with Crippen molar-refractivity contribution in [1.82, 2.24) is 5.32 Å². The molecule has 0 aliphatic heterocycles. The van der Waals surface area contributed by atoms with Crippen LogP contribution in [0.1, 0.15) is 16.0 Å². The van der Waals surface area contributed by atoms with Crippen LogP contribution in [0, 0.1) is 5.82 Å². The predicted molar refractivity (Wildman–Crippen MR) is 78.8 cm³/mol. The molecule has 114 valence electrons. The van der Waals surface area contributed by atoms with Crippen LogP contribution in [0.3, 0.4) is 0 Å². The van der Waals surface area contributed by atoms with Gasteiger partial charge in [-0.05, 0) is 52.2 Å². The third-order valence-electron chi connectivity index (χ3n) is 2.87. The molecule has 0 unspecified atom stereocenters. The SMILES string of the molecule is Fc1ccc(CNCCc2ccc(Br)s2)c(C(F)(F)F)c1. The molecule has 0 bridgehead atoms. The van der Waals surface area contributed by atoms with Gasteiger partial charge in [0, 0.05) is 18.0 Å². The van der Waals surface area contributed by atoms with Crippen LogP contribution in [0.2, 0.25) is 0 Å². The zero-order valence-electron chi connectivity index (χ0n) is 10.8. The lowest BCUT2D eigenvalue weighted by Gasteiger charge is -2.13. The smallest absolute Gasteiger partial charge is 0.312 e.